The van der Waals surface area contributed by atoms with Gasteiger partial charge in [0.25, 0.3) is 0 Å². The lowest BCUT2D eigenvalue weighted by molar-refractivity contribution is 0.0697. The van der Waals surface area contributed by atoms with Crippen LogP contribution >= 0.6 is 0 Å². The van der Waals surface area contributed by atoms with E-state index in [-0.39, 0.29) is 11.6 Å². The maximum absolute atomic E-state index is 11.4. The summed E-state index contributed by atoms with van der Waals surface area (Å²) in [5.74, 6) is -0.957. The maximum atomic E-state index is 11.4. The molecule has 1 atom stereocenters. The summed E-state index contributed by atoms with van der Waals surface area (Å²) in [5, 5.41) is 16.2. The van der Waals surface area contributed by atoms with E-state index in [9.17, 15) is 9.90 Å². The van der Waals surface area contributed by atoms with Gasteiger partial charge in [0.15, 0.2) is 0 Å². The number of carbonyl (C=O) groups is 1. The number of aromatic nitrogens is 1. The van der Waals surface area contributed by atoms with Crippen molar-refractivity contribution in [2.75, 3.05) is 30.4 Å². The fourth-order valence-electron chi connectivity index (χ4n) is 4.07. The predicted octanol–water partition coefficient (Wildman–Crippen LogP) is 4.41. The lowest BCUT2D eigenvalue weighted by Gasteiger charge is -2.29. The largest absolute Gasteiger partial charge is 0.478 e. The van der Waals surface area contributed by atoms with Gasteiger partial charge in [-0.25, -0.2) is 4.79 Å². The topological polar surface area (TPSA) is 77.5 Å². The van der Waals surface area contributed by atoms with Crippen molar-refractivity contribution < 1.29 is 9.90 Å². The molecular formula is C25H28N4O2. The van der Waals surface area contributed by atoms with Gasteiger partial charge in [-0.2, -0.15) is 0 Å². The summed E-state index contributed by atoms with van der Waals surface area (Å²) >= 11 is 0. The first-order chi connectivity index (χ1) is 15.1. The molecule has 1 aliphatic rings. The number of rotatable bonds is 7. The van der Waals surface area contributed by atoms with Gasteiger partial charge in [0.2, 0.25) is 0 Å². The van der Waals surface area contributed by atoms with Gasteiger partial charge in [0, 0.05) is 37.2 Å². The number of fused-ring (bicyclic) bond motifs is 1. The van der Waals surface area contributed by atoms with Gasteiger partial charge in [0.1, 0.15) is 0 Å². The van der Waals surface area contributed by atoms with Crippen molar-refractivity contribution in [2.45, 2.75) is 25.8 Å². The zero-order valence-electron chi connectivity index (χ0n) is 17.9. The van der Waals surface area contributed by atoms with Crippen LogP contribution < -0.4 is 15.5 Å². The highest BCUT2D eigenvalue weighted by molar-refractivity contribution is 5.93. The normalized spacial score (nSPS) is 15.2. The molecule has 0 aliphatic carbocycles. The number of carboxylic acid groups (broad SMARTS) is 1. The SMILES string of the molecule is CCc1ccc(N(C)c2ccc3c(c2)CCN[C@@H]3CNc2cnccc2C(=O)O)cc1. The van der Waals surface area contributed by atoms with Crippen molar-refractivity contribution in [2.24, 2.45) is 0 Å². The molecule has 1 aromatic heterocycles. The van der Waals surface area contributed by atoms with E-state index in [1.807, 2.05) is 0 Å². The van der Waals surface area contributed by atoms with Crippen LogP contribution in [0.1, 0.15) is 40.0 Å². The van der Waals surface area contributed by atoms with E-state index in [0.29, 0.717) is 12.2 Å². The van der Waals surface area contributed by atoms with Crippen molar-refractivity contribution in [1.82, 2.24) is 10.3 Å². The summed E-state index contributed by atoms with van der Waals surface area (Å²) in [7, 11) is 2.10. The number of carboxylic acids is 1. The Morgan fingerprint density at radius 3 is 2.71 bits per heavy atom. The molecule has 0 saturated heterocycles. The standard InChI is InChI=1S/C25H28N4O2/c1-3-17-4-6-19(7-5-17)29(2)20-8-9-21-18(14-20)10-13-27-24(21)16-28-23-15-26-12-11-22(23)25(30)31/h4-9,11-12,14-15,24,27-28H,3,10,13,16H2,1-2H3,(H,30,31)/t24-/m1/s1. The minimum Gasteiger partial charge on any atom is -0.478 e. The molecule has 3 aromatic rings. The van der Waals surface area contributed by atoms with Crippen molar-refractivity contribution >= 4 is 23.0 Å². The number of hydrogen-bond acceptors (Lipinski definition) is 5. The van der Waals surface area contributed by atoms with Crippen LogP contribution in [0, 0.1) is 0 Å². The summed E-state index contributed by atoms with van der Waals surface area (Å²) in [4.78, 5) is 17.7. The molecule has 2 aromatic carbocycles. The molecule has 0 bridgehead atoms. The van der Waals surface area contributed by atoms with Gasteiger partial charge in [-0.1, -0.05) is 25.1 Å². The van der Waals surface area contributed by atoms with Gasteiger partial charge in [-0.05, 0) is 66.4 Å². The second-order valence-electron chi connectivity index (χ2n) is 7.83. The molecular weight excluding hydrogens is 388 g/mol. The minimum absolute atomic E-state index is 0.105. The Morgan fingerprint density at radius 2 is 1.97 bits per heavy atom. The highest BCUT2D eigenvalue weighted by Crippen LogP contribution is 2.31. The Kier molecular flexibility index (Phi) is 6.18. The van der Waals surface area contributed by atoms with E-state index in [1.54, 1.807) is 6.20 Å². The van der Waals surface area contributed by atoms with E-state index >= 15 is 0 Å². The van der Waals surface area contributed by atoms with E-state index < -0.39 is 5.97 Å². The third kappa shape index (κ3) is 4.54. The predicted molar refractivity (Wildman–Crippen MR) is 124 cm³/mol. The zero-order valence-corrected chi connectivity index (χ0v) is 17.9. The van der Waals surface area contributed by atoms with Crippen LogP contribution in [-0.2, 0) is 12.8 Å². The van der Waals surface area contributed by atoms with Crippen LogP contribution in [0.15, 0.2) is 60.9 Å². The van der Waals surface area contributed by atoms with Crippen LogP contribution in [-0.4, -0.2) is 36.2 Å². The summed E-state index contributed by atoms with van der Waals surface area (Å²) in [5.41, 5.74) is 7.01. The lowest BCUT2D eigenvalue weighted by Crippen LogP contribution is -2.34. The summed E-state index contributed by atoms with van der Waals surface area (Å²) < 4.78 is 0. The molecule has 2 heterocycles. The number of aromatic carboxylic acids is 1. The maximum Gasteiger partial charge on any atom is 0.337 e. The highest BCUT2D eigenvalue weighted by Gasteiger charge is 2.21. The first-order valence-electron chi connectivity index (χ1n) is 10.7. The van der Waals surface area contributed by atoms with E-state index in [0.717, 1.165) is 25.1 Å². The van der Waals surface area contributed by atoms with Gasteiger partial charge in [-0.3, -0.25) is 4.98 Å². The van der Waals surface area contributed by atoms with Crippen LogP contribution in [0.25, 0.3) is 0 Å². The van der Waals surface area contributed by atoms with Crippen LogP contribution in [0.3, 0.4) is 0 Å². The molecule has 0 unspecified atom stereocenters. The van der Waals surface area contributed by atoms with Gasteiger partial charge in [-0.15, -0.1) is 0 Å². The Morgan fingerprint density at radius 1 is 1.19 bits per heavy atom. The summed E-state index contributed by atoms with van der Waals surface area (Å²) in [6.07, 6.45) is 5.07. The van der Waals surface area contributed by atoms with Crippen LogP contribution in [0.2, 0.25) is 0 Å². The Balaban J connectivity index is 1.51. The average molecular weight is 417 g/mol. The van der Waals surface area contributed by atoms with E-state index in [2.05, 4.69) is 77.0 Å². The minimum atomic E-state index is -0.957. The van der Waals surface area contributed by atoms with Gasteiger partial charge >= 0.3 is 5.97 Å². The zero-order chi connectivity index (χ0) is 21.8. The molecule has 6 heteroatoms. The average Bonchev–Trinajstić information content (AvgIpc) is 2.82. The molecule has 160 valence electrons. The van der Waals surface area contributed by atoms with Crippen LogP contribution in [0.4, 0.5) is 17.1 Å². The number of nitrogens with zero attached hydrogens (tertiary/aromatic N) is 2. The number of aryl methyl sites for hydroxylation is 1. The van der Waals surface area contributed by atoms with Crippen molar-refractivity contribution in [1.29, 1.82) is 0 Å². The number of benzene rings is 2. The lowest BCUT2D eigenvalue weighted by atomic mass is 9.93. The Labute approximate surface area is 182 Å². The Bertz CT molecular complexity index is 1070. The summed E-state index contributed by atoms with van der Waals surface area (Å²) in [6, 6.07) is 16.9. The van der Waals surface area contributed by atoms with Crippen LogP contribution in [0.5, 0.6) is 0 Å². The quantitative estimate of drug-likeness (QED) is 0.530. The van der Waals surface area contributed by atoms with Crippen molar-refractivity contribution in [3.05, 3.63) is 83.2 Å². The smallest absolute Gasteiger partial charge is 0.337 e. The van der Waals surface area contributed by atoms with Gasteiger partial charge in [0.05, 0.1) is 17.4 Å². The first kappa shape index (κ1) is 20.9. The van der Waals surface area contributed by atoms with Gasteiger partial charge < -0.3 is 20.6 Å². The molecule has 3 N–H and O–H groups in total. The third-order valence-corrected chi connectivity index (χ3v) is 5.95. The number of nitrogens with one attached hydrogen (secondary N) is 2. The van der Waals surface area contributed by atoms with E-state index in [1.165, 1.54) is 34.6 Å². The molecule has 6 nitrogen and oxygen atoms in total. The fourth-order valence-corrected chi connectivity index (χ4v) is 4.07. The molecule has 0 saturated carbocycles. The molecule has 0 fully saturated rings. The number of anilines is 3. The van der Waals surface area contributed by atoms with E-state index in [4.69, 9.17) is 0 Å². The fraction of sp³-hybridized carbons (Fsp3) is 0.280. The highest BCUT2D eigenvalue weighted by atomic mass is 16.4. The Hall–Kier alpha value is -3.38. The molecule has 31 heavy (non-hydrogen) atoms. The second-order valence-corrected chi connectivity index (χ2v) is 7.83. The number of pyridine rings is 1. The summed E-state index contributed by atoms with van der Waals surface area (Å²) in [6.45, 7) is 3.64. The second kappa shape index (κ2) is 9.18. The molecule has 0 amide bonds. The monoisotopic (exact) mass is 416 g/mol. The first-order valence-corrected chi connectivity index (χ1v) is 10.7. The molecule has 1 aliphatic heterocycles. The molecule has 0 radical (unpaired) electrons. The third-order valence-electron chi connectivity index (χ3n) is 5.95. The number of hydrogen-bond donors (Lipinski definition) is 3. The van der Waals surface area contributed by atoms with Crippen molar-refractivity contribution in [3.63, 3.8) is 0 Å². The van der Waals surface area contributed by atoms with Crippen molar-refractivity contribution in [3.8, 4) is 0 Å². The molecule has 4 rings (SSSR count). The molecule has 0 spiro atoms.